The summed E-state index contributed by atoms with van der Waals surface area (Å²) in [6, 6.07) is 13.2. The molecule has 17 heavy (non-hydrogen) atoms. The Morgan fingerprint density at radius 3 is 2.29 bits per heavy atom. The van der Waals surface area contributed by atoms with Gasteiger partial charge in [0, 0.05) is 17.2 Å². The molecular weight excluding hydrogens is 302 g/mol. The van der Waals surface area contributed by atoms with Gasteiger partial charge in [-0.3, -0.25) is 0 Å². The number of hydrogen-bond acceptors (Lipinski definition) is 4. The van der Waals surface area contributed by atoms with Crippen LogP contribution in [0.4, 0.5) is 0 Å². The second-order valence-corrected chi connectivity index (χ2v) is 6.68. The van der Waals surface area contributed by atoms with Crippen molar-refractivity contribution < 1.29 is 12.7 Å². The summed E-state index contributed by atoms with van der Waals surface area (Å²) in [4.78, 5) is 0. The van der Waals surface area contributed by atoms with Gasteiger partial charge >= 0.3 is 6.72 Å². The predicted octanol–water partition coefficient (Wildman–Crippen LogP) is 4.78. The van der Waals surface area contributed by atoms with E-state index < -0.39 is 6.72 Å². The highest BCUT2D eigenvalue weighted by molar-refractivity contribution is 8.08. The van der Waals surface area contributed by atoms with Crippen molar-refractivity contribution >= 4 is 53.0 Å². The van der Waals surface area contributed by atoms with Crippen molar-refractivity contribution in [2.24, 2.45) is 0 Å². The van der Waals surface area contributed by atoms with E-state index >= 15 is 0 Å². The minimum atomic E-state index is -3.14. The van der Waals surface area contributed by atoms with Crippen LogP contribution in [0.3, 0.4) is 0 Å². The molecule has 0 spiro atoms. The molecule has 2 rings (SSSR count). The molecule has 0 unspecified atom stereocenters. The quantitative estimate of drug-likeness (QED) is 0.759. The molecule has 0 atom stereocenters. The fraction of sp³-hybridized carbons (Fsp3) is 0. The number of hydrogen-bond donors (Lipinski definition) is 0. The Bertz CT molecular complexity index is 565. The molecule has 0 aliphatic carbocycles. The van der Waals surface area contributed by atoms with E-state index in [2.05, 4.69) is 8.15 Å². The highest BCUT2D eigenvalue weighted by Crippen LogP contribution is 2.53. The van der Waals surface area contributed by atoms with Crippen LogP contribution in [0.15, 0.2) is 42.5 Å². The first kappa shape index (κ1) is 13.1. The maximum absolute atomic E-state index is 5.43. The van der Waals surface area contributed by atoms with Crippen molar-refractivity contribution in [1.82, 2.24) is 0 Å². The van der Waals surface area contributed by atoms with Crippen LogP contribution in [-0.2, 0) is 20.0 Å². The predicted molar refractivity (Wildman–Crippen MR) is 72.7 cm³/mol. The first-order chi connectivity index (χ1) is 8.18. The standard InChI is InChI=1S/C10H7Cl2O3PS/c11-14-16(17,15-12)13-10-7-3-5-8-4-1-2-6-9(8)10/h1-7H. The third kappa shape index (κ3) is 2.91. The number of halogens is 2. The maximum atomic E-state index is 5.43. The lowest BCUT2D eigenvalue weighted by molar-refractivity contribution is 0.417. The summed E-state index contributed by atoms with van der Waals surface area (Å²) in [5, 5.41) is 1.89. The second kappa shape index (κ2) is 5.53. The molecular formula is C10H7Cl2O3PS. The van der Waals surface area contributed by atoms with Gasteiger partial charge in [-0.25, -0.2) is 0 Å². The van der Waals surface area contributed by atoms with Crippen molar-refractivity contribution in [1.29, 1.82) is 0 Å². The summed E-state index contributed by atoms with van der Waals surface area (Å²) in [7, 11) is 0. The van der Waals surface area contributed by atoms with Crippen LogP contribution >= 0.6 is 30.5 Å². The van der Waals surface area contributed by atoms with Gasteiger partial charge in [0.2, 0.25) is 0 Å². The van der Waals surface area contributed by atoms with Gasteiger partial charge in [-0.2, -0.15) is 8.15 Å². The first-order valence-electron chi connectivity index (χ1n) is 4.56. The number of fused-ring (bicyclic) bond motifs is 1. The average Bonchev–Trinajstić information content (AvgIpc) is 2.39. The van der Waals surface area contributed by atoms with Crippen LogP contribution in [0.25, 0.3) is 10.8 Å². The van der Waals surface area contributed by atoms with Crippen LogP contribution in [0, 0.1) is 0 Å². The van der Waals surface area contributed by atoms with Crippen molar-refractivity contribution in [3.63, 3.8) is 0 Å². The smallest absolute Gasteiger partial charge is 0.414 e. The zero-order chi connectivity index (χ0) is 12.3. The third-order valence-corrected chi connectivity index (χ3v) is 5.14. The molecule has 0 fully saturated rings. The lowest BCUT2D eigenvalue weighted by Crippen LogP contribution is -1.93. The summed E-state index contributed by atoms with van der Waals surface area (Å²) in [6.45, 7) is -3.14. The minimum Gasteiger partial charge on any atom is -0.422 e. The van der Waals surface area contributed by atoms with Gasteiger partial charge in [0.15, 0.2) is 0 Å². The summed E-state index contributed by atoms with van der Waals surface area (Å²) < 4.78 is 14.4. The Labute approximate surface area is 114 Å². The molecule has 2 aromatic rings. The van der Waals surface area contributed by atoms with E-state index in [-0.39, 0.29) is 0 Å². The topological polar surface area (TPSA) is 27.7 Å². The molecule has 0 N–H and O–H groups in total. The summed E-state index contributed by atoms with van der Waals surface area (Å²) in [6.07, 6.45) is 0. The van der Waals surface area contributed by atoms with E-state index in [1.54, 1.807) is 6.07 Å². The van der Waals surface area contributed by atoms with Gasteiger partial charge in [0.1, 0.15) is 5.75 Å². The van der Waals surface area contributed by atoms with E-state index in [4.69, 9.17) is 40.1 Å². The van der Waals surface area contributed by atoms with E-state index in [9.17, 15) is 0 Å². The normalized spacial score (nSPS) is 11.6. The molecule has 0 aliphatic heterocycles. The van der Waals surface area contributed by atoms with Crippen molar-refractivity contribution in [2.45, 2.75) is 0 Å². The zero-order valence-electron chi connectivity index (χ0n) is 8.38. The van der Waals surface area contributed by atoms with Crippen LogP contribution in [0.2, 0.25) is 0 Å². The Hall–Kier alpha value is -0.350. The van der Waals surface area contributed by atoms with Crippen LogP contribution < -0.4 is 4.52 Å². The van der Waals surface area contributed by atoms with Crippen LogP contribution in [0.5, 0.6) is 5.75 Å². The lowest BCUT2D eigenvalue weighted by atomic mass is 10.1. The molecule has 0 radical (unpaired) electrons. The average molecular weight is 309 g/mol. The monoisotopic (exact) mass is 308 g/mol. The Kier molecular flexibility index (Phi) is 4.26. The number of benzene rings is 2. The van der Waals surface area contributed by atoms with Gasteiger partial charge in [0.25, 0.3) is 0 Å². The highest BCUT2D eigenvalue weighted by atomic mass is 35.5. The second-order valence-electron chi connectivity index (χ2n) is 3.15. The fourth-order valence-electron chi connectivity index (χ4n) is 1.43. The van der Waals surface area contributed by atoms with E-state index in [0.717, 1.165) is 10.8 Å². The Morgan fingerprint density at radius 1 is 0.941 bits per heavy atom. The molecule has 0 saturated carbocycles. The van der Waals surface area contributed by atoms with Gasteiger partial charge < -0.3 is 4.52 Å². The van der Waals surface area contributed by atoms with Crippen LogP contribution in [-0.4, -0.2) is 0 Å². The van der Waals surface area contributed by atoms with Gasteiger partial charge in [-0.15, -0.1) is 0 Å². The first-order valence-corrected chi connectivity index (χ1v) is 7.74. The Balaban J connectivity index is 2.46. The van der Waals surface area contributed by atoms with Crippen molar-refractivity contribution in [2.75, 3.05) is 0 Å². The summed E-state index contributed by atoms with van der Waals surface area (Å²) >= 11 is 15.4. The van der Waals surface area contributed by atoms with Gasteiger partial charge in [0.05, 0.1) is 23.7 Å². The molecule has 0 amide bonds. The minimum absolute atomic E-state index is 0.521. The lowest BCUT2D eigenvalue weighted by Gasteiger charge is -2.15. The maximum Gasteiger partial charge on any atom is 0.414 e. The molecule has 90 valence electrons. The molecule has 3 nitrogen and oxygen atoms in total. The molecule has 0 bridgehead atoms. The van der Waals surface area contributed by atoms with Crippen LogP contribution in [0.1, 0.15) is 0 Å². The highest BCUT2D eigenvalue weighted by Gasteiger charge is 2.23. The van der Waals surface area contributed by atoms with Gasteiger partial charge in [-0.05, 0) is 11.5 Å². The fourth-order valence-corrected chi connectivity index (χ4v) is 2.58. The SMILES string of the molecule is S=P(OCl)(OCl)Oc1cccc2ccccc12. The van der Waals surface area contributed by atoms with Crippen molar-refractivity contribution in [3.8, 4) is 5.75 Å². The molecule has 2 aromatic carbocycles. The van der Waals surface area contributed by atoms with E-state index in [1.165, 1.54) is 0 Å². The molecule has 0 aromatic heterocycles. The molecule has 0 aliphatic rings. The summed E-state index contributed by atoms with van der Waals surface area (Å²) in [5.74, 6) is 0.521. The van der Waals surface area contributed by atoms with Crippen molar-refractivity contribution in [3.05, 3.63) is 42.5 Å². The zero-order valence-corrected chi connectivity index (χ0v) is 11.6. The summed E-state index contributed by atoms with van der Waals surface area (Å²) in [5.41, 5.74) is 0. The molecule has 7 heteroatoms. The number of rotatable bonds is 4. The molecule has 0 heterocycles. The van der Waals surface area contributed by atoms with E-state index in [1.807, 2.05) is 36.4 Å². The largest absolute Gasteiger partial charge is 0.422 e. The van der Waals surface area contributed by atoms with E-state index in [0.29, 0.717) is 5.75 Å². The molecule has 0 saturated heterocycles. The third-order valence-electron chi connectivity index (χ3n) is 2.13. The Morgan fingerprint density at radius 2 is 1.59 bits per heavy atom. The van der Waals surface area contributed by atoms with Gasteiger partial charge in [-0.1, -0.05) is 36.4 Å².